The molecule has 1 N–H and O–H groups in total. The van der Waals surface area contributed by atoms with Crippen LogP contribution in [0.1, 0.15) is 15.2 Å². The molecule has 8 heteroatoms. The highest BCUT2D eigenvalue weighted by molar-refractivity contribution is 7.13. The minimum absolute atomic E-state index is 0.0292. The highest BCUT2D eigenvalue weighted by atomic mass is 32.1. The summed E-state index contributed by atoms with van der Waals surface area (Å²) in [5, 5.41) is 14.2. The maximum atomic E-state index is 12.6. The molecular weight excluding hydrogens is 315 g/mol. The van der Waals surface area contributed by atoms with Crippen LogP contribution in [0.5, 0.6) is 0 Å². The van der Waals surface area contributed by atoms with Crippen molar-refractivity contribution in [2.24, 2.45) is 5.10 Å². The number of anilines is 1. The molecule has 22 heavy (non-hydrogen) atoms. The number of Topliss-reactive ketones (excluding diaryl/α,β-unsaturated/α-hetero) is 1. The number of carbonyl (C=O) groups is 1. The summed E-state index contributed by atoms with van der Waals surface area (Å²) in [6.07, 6.45) is -4.48. The van der Waals surface area contributed by atoms with E-state index < -0.39 is 23.2 Å². The monoisotopic (exact) mass is 323 g/mol. The van der Waals surface area contributed by atoms with Crippen LogP contribution < -0.4 is 5.43 Å². The topological polar surface area (TPSA) is 65.2 Å². The van der Waals surface area contributed by atoms with Crippen LogP contribution in [0.3, 0.4) is 0 Å². The summed E-state index contributed by atoms with van der Waals surface area (Å²) < 4.78 is 37.7. The maximum absolute atomic E-state index is 12.6. The zero-order valence-electron chi connectivity index (χ0n) is 10.9. The van der Waals surface area contributed by atoms with Gasteiger partial charge < -0.3 is 0 Å². The lowest BCUT2D eigenvalue weighted by atomic mass is 10.2. The van der Waals surface area contributed by atoms with E-state index in [-0.39, 0.29) is 5.69 Å². The fourth-order valence-electron chi connectivity index (χ4n) is 1.54. The molecule has 0 bridgehead atoms. The van der Waals surface area contributed by atoms with E-state index in [2.05, 4.69) is 10.5 Å². The van der Waals surface area contributed by atoms with Crippen LogP contribution in [0.4, 0.5) is 18.9 Å². The van der Waals surface area contributed by atoms with Crippen molar-refractivity contribution in [3.63, 3.8) is 0 Å². The van der Waals surface area contributed by atoms with Crippen molar-refractivity contribution in [2.45, 2.75) is 6.18 Å². The van der Waals surface area contributed by atoms with Gasteiger partial charge in [-0.1, -0.05) is 12.1 Å². The van der Waals surface area contributed by atoms with Crippen molar-refractivity contribution in [3.05, 3.63) is 52.2 Å². The van der Waals surface area contributed by atoms with Crippen LogP contribution in [0, 0.1) is 11.3 Å². The van der Waals surface area contributed by atoms with Crippen molar-refractivity contribution in [1.29, 1.82) is 5.26 Å². The molecule has 0 aliphatic carbocycles. The van der Waals surface area contributed by atoms with Crippen molar-refractivity contribution >= 4 is 28.5 Å². The molecule has 0 atom stereocenters. The van der Waals surface area contributed by atoms with Crippen LogP contribution in [0.15, 0.2) is 46.9 Å². The molecule has 0 saturated carbocycles. The first-order valence-electron chi connectivity index (χ1n) is 5.91. The molecule has 0 unspecified atom stereocenters. The van der Waals surface area contributed by atoms with E-state index in [1.165, 1.54) is 18.2 Å². The molecule has 0 fully saturated rings. The normalized spacial score (nSPS) is 11.8. The Balaban J connectivity index is 2.20. The highest BCUT2D eigenvalue weighted by Gasteiger charge is 2.30. The molecular formula is C14H8F3N3OS. The van der Waals surface area contributed by atoms with E-state index in [9.17, 15) is 18.0 Å². The summed E-state index contributed by atoms with van der Waals surface area (Å²) >= 11 is 1.14. The zero-order chi connectivity index (χ0) is 16.2. The lowest BCUT2D eigenvalue weighted by molar-refractivity contribution is -0.137. The third-order valence-electron chi connectivity index (χ3n) is 2.55. The highest BCUT2D eigenvalue weighted by Crippen LogP contribution is 2.30. The second-order valence-corrected chi connectivity index (χ2v) is 5.02. The predicted octanol–water partition coefficient (Wildman–Crippen LogP) is 3.94. The largest absolute Gasteiger partial charge is 0.416 e. The lowest BCUT2D eigenvalue weighted by Gasteiger charge is -2.08. The third-order valence-corrected chi connectivity index (χ3v) is 3.42. The Kier molecular flexibility index (Phi) is 4.58. The van der Waals surface area contributed by atoms with Crippen LogP contribution in [0.25, 0.3) is 0 Å². The summed E-state index contributed by atoms with van der Waals surface area (Å²) in [5.41, 5.74) is 1.05. The van der Waals surface area contributed by atoms with Crippen LogP contribution in [0.2, 0.25) is 0 Å². The van der Waals surface area contributed by atoms with Crippen LogP contribution in [-0.4, -0.2) is 11.5 Å². The van der Waals surface area contributed by atoms with Gasteiger partial charge in [-0.05, 0) is 29.6 Å². The van der Waals surface area contributed by atoms with Gasteiger partial charge in [-0.15, -0.1) is 11.3 Å². The van der Waals surface area contributed by atoms with Gasteiger partial charge in [0, 0.05) is 0 Å². The van der Waals surface area contributed by atoms with Crippen LogP contribution >= 0.6 is 11.3 Å². The number of halogens is 3. The molecule has 0 aliphatic heterocycles. The smallest absolute Gasteiger partial charge is 0.285 e. The van der Waals surface area contributed by atoms with Gasteiger partial charge in [0.2, 0.25) is 11.5 Å². The van der Waals surface area contributed by atoms with E-state index in [0.29, 0.717) is 4.88 Å². The molecule has 0 radical (unpaired) electrons. The van der Waals surface area contributed by atoms with E-state index in [1.54, 1.807) is 17.5 Å². The minimum atomic E-state index is -4.48. The number of thiophene rings is 1. The molecule has 0 amide bonds. The Morgan fingerprint density at radius 1 is 1.27 bits per heavy atom. The van der Waals surface area contributed by atoms with E-state index in [1.807, 2.05) is 0 Å². The summed E-state index contributed by atoms with van der Waals surface area (Å²) in [6.45, 7) is 0. The number of hydrogen-bond acceptors (Lipinski definition) is 5. The van der Waals surface area contributed by atoms with E-state index in [0.717, 1.165) is 23.5 Å². The number of nitriles is 1. The fourth-order valence-corrected chi connectivity index (χ4v) is 2.20. The maximum Gasteiger partial charge on any atom is 0.416 e. The third kappa shape index (κ3) is 3.71. The second-order valence-electron chi connectivity index (χ2n) is 4.07. The molecule has 4 nitrogen and oxygen atoms in total. The number of carbonyl (C=O) groups excluding carboxylic acids is 1. The van der Waals surface area contributed by atoms with Crippen molar-refractivity contribution in [2.75, 3.05) is 5.43 Å². The number of benzene rings is 1. The van der Waals surface area contributed by atoms with Crippen molar-refractivity contribution in [3.8, 4) is 6.07 Å². The van der Waals surface area contributed by atoms with Gasteiger partial charge in [0.05, 0.1) is 16.1 Å². The van der Waals surface area contributed by atoms with Crippen LogP contribution in [-0.2, 0) is 6.18 Å². The SMILES string of the molecule is N#C/C(=N/Nc1cccc(C(F)(F)F)c1)C(=O)c1cccs1. The molecule has 112 valence electrons. The van der Waals surface area contributed by atoms with Gasteiger partial charge in [0.25, 0.3) is 0 Å². The van der Waals surface area contributed by atoms with Gasteiger partial charge >= 0.3 is 6.18 Å². The molecule has 0 saturated heterocycles. The van der Waals surface area contributed by atoms with E-state index >= 15 is 0 Å². The Hall–Kier alpha value is -2.66. The number of ketones is 1. The number of nitrogens with zero attached hydrogens (tertiary/aromatic N) is 2. The summed E-state index contributed by atoms with van der Waals surface area (Å²) in [7, 11) is 0. The number of rotatable bonds is 4. The van der Waals surface area contributed by atoms with Crippen molar-refractivity contribution < 1.29 is 18.0 Å². The first-order chi connectivity index (χ1) is 10.4. The number of hydrazone groups is 1. The molecule has 0 spiro atoms. The average Bonchev–Trinajstić information content (AvgIpc) is 3.01. The van der Waals surface area contributed by atoms with E-state index in [4.69, 9.17) is 5.26 Å². The fraction of sp³-hybridized carbons (Fsp3) is 0.0714. The first kappa shape index (κ1) is 15.7. The summed E-state index contributed by atoms with van der Waals surface area (Å²) in [4.78, 5) is 12.2. The number of hydrogen-bond donors (Lipinski definition) is 1. The molecule has 2 rings (SSSR count). The zero-order valence-corrected chi connectivity index (χ0v) is 11.7. The van der Waals surface area contributed by atoms with Gasteiger partial charge in [-0.3, -0.25) is 10.2 Å². The van der Waals surface area contributed by atoms with Gasteiger partial charge in [0.1, 0.15) is 6.07 Å². The Morgan fingerprint density at radius 2 is 2.05 bits per heavy atom. The minimum Gasteiger partial charge on any atom is -0.285 e. The standard InChI is InChI=1S/C14H8F3N3OS/c15-14(16,17)9-3-1-4-10(7-9)19-20-11(8-18)13(21)12-5-2-6-22-12/h1-7,19H/b20-11-. The molecule has 2 aromatic rings. The average molecular weight is 323 g/mol. The quantitative estimate of drug-likeness (QED) is 0.526. The Labute approximate surface area is 127 Å². The Morgan fingerprint density at radius 3 is 2.64 bits per heavy atom. The van der Waals surface area contributed by atoms with Gasteiger partial charge in [-0.2, -0.15) is 23.5 Å². The molecule has 0 aliphatic rings. The molecule has 1 heterocycles. The molecule has 1 aromatic carbocycles. The lowest BCUT2D eigenvalue weighted by Crippen LogP contribution is -2.13. The summed E-state index contributed by atoms with van der Waals surface area (Å²) in [5.74, 6) is -0.586. The summed E-state index contributed by atoms with van der Waals surface area (Å²) in [6, 6.07) is 9.11. The number of alkyl halides is 3. The first-order valence-corrected chi connectivity index (χ1v) is 6.79. The Bertz CT molecular complexity index is 745. The van der Waals surface area contributed by atoms with Crippen molar-refractivity contribution in [1.82, 2.24) is 0 Å². The number of nitrogens with one attached hydrogen (secondary N) is 1. The second kappa shape index (κ2) is 6.41. The molecule has 1 aromatic heterocycles. The van der Waals surface area contributed by atoms with Gasteiger partial charge in [0.15, 0.2) is 0 Å². The van der Waals surface area contributed by atoms with Gasteiger partial charge in [-0.25, -0.2) is 0 Å². The predicted molar refractivity (Wildman–Crippen MR) is 76.8 cm³/mol.